The van der Waals surface area contributed by atoms with Crippen molar-refractivity contribution in [2.75, 3.05) is 6.54 Å². The minimum atomic E-state index is -0.286. The molecule has 0 bridgehead atoms. The van der Waals surface area contributed by atoms with Crippen LogP contribution in [0.4, 0.5) is 0 Å². The van der Waals surface area contributed by atoms with E-state index in [2.05, 4.69) is 27.3 Å². The van der Waals surface area contributed by atoms with Gasteiger partial charge in [-0.3, -0.25) is 9.89 Å². The van der Waals surface area contributed by atoms with Crippen molar-refractivity contribution >= 4 is 40.0 Å². The number of nitrogens with one attached hydrogen (secondary N) is 2. The van der Waals surface area contributed by atoms with E-state index < -0.39 is 0 Å². The zero-order valence-corrected chi connectivity index (χ0v) is 17.2. The van der Waals surface area contributed by atoms with Crippen LogP contribution in [-0.2, 0) is 6.42 Å². The van der Waals surface area contributed by atoms with Gasteiger partial charge in [0, 0.05) is 44.9 Å². The number of hydrogen-bond acceptors (Lipinski definition) is 2. The Labute approximate surface area is 177 Å². The number of carbonyl (C=O) groups excluding carboxylic acids is 1. The lowest BCUT2D eigenvalue weighted by Gasteiger charge is -2.27. The summed E-state index contributed by atoms with van der Waals surface area (Å²) in [6.45, 7) is 2.49. The van der Waals surface area contributed by atoms with Gasteiger partial charge < -0.3 is 9.88 Å². The Hall–Kier alpha value is -2.76. The molecule has 1 aliphatic rings. The fourth-order valence-corrected chi connectivity index (χ4v) is 4.71. The van der Waals surface area contributed by atoms with Crippen LogP contribution < -0.4 is 0 Å². The molecule has 29 heavy (non-hydrogen) atoms. The first-order valence-corrected chi connectivity index (χ1v) is 10.2. The molecule has 1 unspecified atom stereocenters. The first kappa shape index (κ1) is 18.3. The molecule has 0 saturated heterocycles. The lowest BCUT2D eigenvalue weighted by atomic mass is 9.99. The molecule has 4 aromatic rings. The highest BCUT2D eigenvalue weighted by molar-refractivity contribution is 6.35. The van der Waals surface area contributed by atoms with E-state index in [9.17, 15) is 4.79 Å². The van der Waals surface area contributed by atoms with Crippen LogP contribution in [0.3, 0.4) is 0 Å². The van der Waals surface area contributed by atoms with Crippen LogP contribution in [0, 0.1) is 6.92 Å². The fraction of sp³-hybridized carbons (Fsp3) is 0.182. The van der Waals surface area contributed by atoms with Gasteiger partial charge in [0.2, 0.25) is 0 Å². The molecule has 0 saturated carbocycles. The molecule has 0 spiro atoms. The third-order valence-corrected chi connectivity index (χ3v) is 6.16. The normalized spacial score (nSPS) is 16.0. The summed E-state index contributed by atoms with van der Waals surface area (Å²) in [5.74, 6) is -0.0831. The Morgan fingerprint density at radius 2 is 2.00 bits per heavy atom. The summed E-state index contributed by atoms with van der Waals surface area (Å²) in [6, 6.07) is 13.3. The molecular formula is C22H18Cl2N4O. The summed E-state index contributed by atoms with van der Waals surface area (Å²) in [5.41, 5.74) is 5.36. The van der Waals surface area contributed by atoms with E-state index in [4.69, 9.17) is 23.2 Å². The van der Waals surface area contributed by atoms with E-state index >= 15 is 0 Å². The molecule has 2 aromatic heterocycles. The first-order valence-electron chi connectivity index (χ1n) is 9.40. The van der Waals surface area contributed by atoms with Gasteiger partial charge in [-0.2, -0.15) is 5.10 Å². The molecule has 1 atom stereocenters. The molecule has 2 N–H and O–H groups in total. The standard InChI is InChI=1S/C22H18Cl2N4O/c1-12-19-20(27-26-12)22(29)28(21(19)16-7-6-14(23)10-17(16)24)9-8-13-11-25-18-5-3-2-4-15(13)18/h2-7,10-11,21,25H,8-9H2,1H3,(H,26,27). The van der Waals surface area contributed by atoms with Gasteiger partial charge in [0.1, 0.15) is 0 Å². The van der Waals surface area contributed by atoms with Crippen LogP contribution in [0.25, 0.3) is 10.9 Å². The monoisotopic (exact) mass is 424 g/mol. The van der Waals surface area contributed by atoms with Crippen LogP contribution in [-0.4, -0.2) is 32.5 Å². The van der Waals surface area contributed by atoms with Gasteiger partial charge in [-0.05, 0) is 42.7 Å². The number of aromatic nitrogens is 3. The third kappa shape index (κ3) is 2.93. The Morgan fingerprint density at radius 3 is 2.83 bits per heavy atom. The summed E-state index contributed by atoms with van der Waals surface area (Å²) in [5, 5.41) is 9.48. The number of para-hydroxylation sites is 1. The summed E-state index contributed by atoms with van der Waals surface area (Å²) in [7, 11) is 0. The number of aryl methyl sites for hydroxylation is 1. The van der Waals surface area contributed by atoms with Gasteiger partial charge in [0.25, 0.3) is 5.91 Å². The second-order valence-corrected chi connectivity index (χ2v) is 8.13. The second kappa shape index (κ2) is 6.94. The van der Waals surface area contributed by atoms with Crippen molar-refractivity contribution in [2.24, 2.45) is 0 Å². The van der Waals surface area contributed by atoms with Gasteiger partial charge in [-0.25, -0.2) is 0 Å². The number of nitrogens with zero attached hydrogens (tertiary/aromatic N) is 2. The minimum Gasteiger partial charge on any atom is -0.361 e. The summed E-state index contributed by atoms with van der Waals surface area (Å²) in [6.07, 6.45) is 2.74. The van der Waals surface area contributed by atoms with Gasteiger partial charge in [-0.1, -0.05) is 47.5 Å². The molecule has 2 aromatic carbocycles. The summed E-state index contributed by atoms with van der Waals surface area (Å²) >= 11 is 12.6. The van der Waals surface area contributed by atoms with Crippen molar-refractivity contribution in [2.45, 2.75) is 19.4 Å². The van der Waals surface area contributed by atoms with Crippen molar-refractivity contribution in [3.63, 3.8) is 0 Å². The number of benzene rings is 2. The highest BCUT2D eigenvalue weighted by atomic mass is 35.5. The molecule has 146 valence electrons. The van der Waals surface area contributed by atoms with Crippen LogP contribution in [0.5, 0.6) is 0 Å². The number of H-pyrrole nitrogens is 2. The quantitative estimate of drug-likeness (QED) is 0.467. The Bertz CT molecular complexity index is 1240. The molecule has 0 fully saturated rings. The van der Waals surface area contributed by atoms with Gasteiger partial charge in [0.15, 0.2) is 5.69 Å². The van der Waals surface area contributed by atoms with E-state index in [1.807, 2.05) is 36.2 Å². The number of halogens is 2. The Balaban J connectivity index is 1.53. The summed E-state index contributed by atoms with van der Waals surface area (Å²) in [4.78, 5) is 18.3. The number of fused-ring (bicyclic) bond motifs is 2. The topological polar surface area (TPSA) is 64.8 Å². The summed E-state index contributed by atoms with van der Waals surface area (Å²) < 4.78 is 0. The maximum Gasteiger partial charge on any atom is 0.275 e. The third-order valence-electron chi connectivity index (χ3n) is 5.60. The molecular weight excluding hydrogens is 407 g/mol. The van der Waals surface area contributed by atoms with E-state index in [1.54, 1.807) is 12.1 Å². The van der Waals surface area contributed by atoms with Crippen LogP contribution in [0.2, 0.25) is 10.0 Å². The van der Waals surface area contributed by atoms with Crippen LogP contribution in [0.1, 0.15) is 38.9 Å². The number of aromatic amines is 2. The second-order valence-electron chi connectivity index (χ2n) is 7.29. The minimum absolute atomic E-state index is 0.0831. The van der Waals surface area contributed by atoms with Gasteiger partial charge in [0.05, 0.1) is 6.04 Å². The number of hydrogen-bond donors (Lipinski definition) is 2. The molecule has 5 rings (SSSR count). The molecule has 5 nitrogen and oxygen atoms in total. The van der Waals surface area contributed by atoms with Gasteiger partial charge in [-0.15, -0.1) is 0 Å². The zero-order valence-electron chi connectivity index (χ0n) is 15.7. The number of amides is 1. The fourth-order valence-electron chi connectivity index (χ4n) is 4.20. The van der Waals surface area contributed by atoms with Crippen molar-refractivity contribution in [3.8, 4) is 0 Å². The molecule has 3 heterocycles. The maximum absolute atomic E-state index is 13.2. The number of rotatable bonds is 4. The van der Waals surface area contributed by atoms with Crippen molar-refractivity contribution in [1.29, 1.82) is 0 Å². The van der Waals surface area contributed by atoms with Crippen LogP contribution in [0.15, 0.2) is 48.7 Å². The predicted octanol–water partition coefficient (Wildman–Crippen LogP) is 5.29. The van der Waals surface area contributed by atoms with Crippen LogP contribution >= 0.6 is 23.2 Å². The average molecular weight is 425 g/mol. The lowest BCUT2D eigenvalue weighted by molar-refractivity contribution is 0.0745. The Kier molecular flexibility index (Phi) is 4.37. The van der Waals surface area contributed by atoms with Crippen molar-refractivity contribution in [3.05, 3.63) is 86.8 Å². The highest BCUT2D eigenvalue weighted by Gasteiger charge is 2.42. The maximum atomic E-state index is 13.2. The van der Waals surface area contributed by atoms with Crippen molar-refractivity contribution < 1.29 is 4.79 Å². The first-order chi connectivity index (χ1) is 14.0. The van der Waals surface area contributed by atoms with Gasteiger partial charge >= 0.3 is 0 Å². The number of carbonyl (C=O) groups is 1. The SMILES string of the molecule is Cc1[nH]nc2c1C(c1ccc(Cl)cc1Cl)N(CCc1c[nH]c3ccccc13)C2=O. The molecule has 1 amide bonds. The zero-order chi connectivity index (χ0) is 20.1. The molecule has 0 radical (unpaired) electrons. The molecule has 0 aliphatic carbocycles. The van der Waals surface area contributed by atoms with Crippen molar-refractivity contribution in [1.82, 2.24) is 20.1 Å². The van der Waals surface area contributed by atoms with E-state index in [1.165, 1.54) is 10.9 Å². The smallest absolute Gasteiger partial charge is 0.275 e. The highest BCUT2D eigenvalue weighted by Crippen LogP contribution is 2.42. The molecule has 1 aliphatic heterocycles. The average Bonchev–Trinajstić information content (AvgIpc) is 3.36. The van der Waals surface area contributed by atoms with E-state index in [-0.39, 0.29) is 11.9 Å². The van der Waals surface area contributed by atoms with E-state index in [0.717, 1.165) is 28.8 Å². The largest absolute Gasteiger partial charge is 0.361 e. The Morgan fingerprint density at radius 1 is 1.17 bits per heavy atom. The predicted molar refractivity (Wildman–Crippen MR) is 115 cm³/mol. The molecule has 7 heteroatoms. The lowest BCUT2D eigenvalue weighted by Crippen LogP contribution is -2.31. The van der Waals surface area contributed by atoms with E-state index in [0.29, 0.717) is 22.3 Å².